The lowest BCUT2D eigenvalue weighted by Gasteiger charge is -2.05. The molecule has 0 fully saturated rings. The summed E-state index contributed by atoms with van der Waals surface area (Å²) in [5, 5.41) is 8.81. The minimum atomic E-state index is 0.253. The minimum Gasteiger partial charge on any atom is -0.397 e. The molecule has 0 saturated heterocycles. The Bertz CT molecular complexity index is 341. The first kappa shape index (κ1) is 8.69. The topological polar surface area (TPSA) is 75.8 Å². The van der Waals surface area contributed by atoms with Gasteiger partial charge in [-0.05, 0) is 11.6 Å². The number of nitrogens with zero attached hydrogens (tertiary/aromatic N) is 1. The summed E-state index contributed by atoms with van der Waals surface area (Å²) in [6.07, 6.45) is 0.253. The highest BCUT2D eigenvalue weighted by Gasteiger charge is 2.05. The van der Waals surface area contributed by atoms with Crippen molar-refractivity contribution < 1.29 is 0 Å². The van der Waals surface area contributed by atoms with Gasteiger partial charge in [0.15, 0.2) is 0 Å². The van der Waals surface area contributed by atoms with Gasteiger partial charge in [0.05, 0.1) is 28.9 Å². The highest BCUT2D eigenvalue weighted by Crippen LogP contribution is 2.28. The summed E-state index contributed by atoms with van der Waals surface area (Å²) in [6.45, 7) is 0. The van der Waals surface area contributed by atoms with Gasteiger partial charge >= 0.3 is 0 Å². The first-order chi connectivity index (χ1) is 5.66. The van der Waals surface area contributed by atoms with Gasteiger partial charge in [-0.2, -0.15) is 5.26 Å². The van der Waals surface area contributed by atoms with Crippen LogP contribution in [0, 0.1) is 11.3 Å². The van der Waals surface area contributed by atoms with Crippen LogP contribution in [0.1, 0.15) is 5.56 Å². The molecule has 0 aliphatic rings. The van der Waals surface area contributed by atoms with Crippen LogP contribution in [0.15, 0.2) is 12.1 Å². The van der Waals surface area contributed by atoms with Gasteiger partial charge in [-0.1, -0.05) is 17.7 Å². The fraction of sp³-hybridized carbons (Fsp3) is 0.125. The number of benzene rings is 1. The van der Waals surface area contributed by atoms with Crippen molar-refractivity contribution in [2.75, 3.05) is 11.5 Å². The van der Waals surface area contributed by atoms with Gasteiger partial charge in [0, 0.05) is 0 Å². The van der Waals surface area contributed by atoms with Crippen molar-refractivity contribution in [2.45, 2.75) is 6.42 Å². The second-order valence-electron chi connectivity index (χ2n) is 2.38. The van der Waals surface area contributed by atoms with E-state index in [0.29, 0.717) is 22.0 Å². The molecule has 0 aliphatic heterocycles. The number of rotatable bonds is 1. The van der Waals surface area contributed by atoms with Crippen molar-refractivity contribution in [2.24, 2.45) is 0 Å². The standard InChI is InChI=1S/C8H8ClN3/c9-7-5(3-4-10)1-2-6(11)8(7)12/h1-2H,3,11-12H2. The van der Waals surface area contributed by atoms with Crippen molar-refractivity contribution in [3.05, 3.63) is 22.7 Å². The zero-order valence-corrected chi connectivity index (χ0v) is 7.10. The van der Waals surface area contributed by atoms with Crippen LogP contribution in [0.25, 0.3) is 0 Å². The summed E-state index contributed by atoms with van der Waals surface area (Å²) in [6, 6.07) is 5.34. The first-order valence-corrected chi connectivity index (χ1v) is 3.74. The summed E-state index contributed by atoms with van der Waals surface area (Å²) >= 11 is 5.82. The van der Waals surface area contributed by atoms with Crippen LogP contribution in [-0.4, -0.2) is 0 Å². The van der Waals surface area contributed by atoms with E-state index in [4.69, 9.17) is 28.3 Å². The van der Waals surface area contributed by atoms with Gasteiger partial charge in [0.2, 0.25) is 0 Å². The minimum absolute atomic E-state index is 0.253. The van der Waals surface area contributed by atoms with E-state index in [1.165, 1.54) is 0 Å². The molecule has 0 amide bonds. The summed E-state index contributed by atoms with van der Waals surface area (Å²) in [5.74, 6) is 0. The van der Waals surface area contributed by atoms with E-state index in [0.717, 1.165) is 0 Å². The van der Waals surface area contributed by atoms with Crippen LogP contribution in [0.2, 0.25) is 5.02 Å². The lowest BCUT2D eigenvalue weighted by atomic mass is 10.1. The van der Waals surface area contributed by atoms with Crippen molar-refractivity contribution in [3.63, 3.8) is 0 Å². The van der Waals surface area contributed by atoms with Crippen LogP contribution in [0.3, 0.4) is 0 Å². The molecule has 0 aliphatic carbocycles. The average Bonchev–Trinajstić information content (AvgIpc) is 2.07. The van der Waals surface area contributed by atoms with Gasteiger partial charge in [-0.15, -0.1) is 0 Å². The molecule has 1 aromatic carbocycles. The molecule has 0 radical (unpaired) electrons. The molecule has 12 heavy (non-hydrogen) atoms. The highest BCUT2D eigenvalue weighted by molar-refractivity contribution is 6.34. The first-order valence-electron chi connectivity index (χ1n) is 3.36. The van der Waals surface area contributed by atoms with E-state index >= 15 is 0 Å². The molecule has 0 aromatic heterocycles. The molecular formula is C8H8ClN3. The van der Waals surface area contributed by atoms with Crippen molar-refractivity contribution in [3.8, 4) is 6.07 Å². The summed E-state index contributed by atoms with van der Waals surface area (Å²) in [4.78, 5) is 0. The zero-order valence-electron chi connectivity index (χ0n) is 6.34. The van der Waals surface area contributed by atoms with Crippen LogP contribution in [0.5, 0.6) is 0 Å². The quantitative estimate of drug-likeness (QED) is 0.646. The molecule has 62 valence electrons. The lowest BCUT2D eigenvalue weighted by molar-refractivity contribution is 1.27. The van der Waals surface area contributed by atoms with Crippen LogP contribution < -0.4 is 11.5 Å². The number of hydrogen-bond donors (Lipinski definition) is 2. The third-order valence-corrected chi connectivity index (χ3v) is 2.01. The number of hydrogen-bond acceptors (Lipinski definition) is 3. The third-order valence-electron chi connectivity index (χ3n) is 1.56. The molecule has 0 bridgehead atoms. The molecule has 0 saturated carbocycles. The molecule has 0 heterocycles. The molecular weight excluding hydrogens is 174 g/mol. The normalized spacial score (nSPS) is 9.33. The van der Waals surface area contributed by atoms with E-state index in [1.54, 1.807) is 12.1 Å². The Labute approximate surface area is 75.5 Å². The molecule has 0 atom stereocenters. The van der Waals surface area contributed by atoms with Gasteiger partial charge in [-0.3, -0.25) is 0 Å². The van der Waals surface area contributed by atoms with Gasteiger partial charge in [0.25, 0.3) is 0 Å². The van der Waals surface area contributed by atoms with E-state index in [9.17, 15) is 0 Å². The third kappa shape index (κ3) is 1.44. The van der Waals surface area contributed by atoms with Gasteiger partial charge < -0.3 is 11.5 Å². The predicted octanol–water partition coefficient (Wildman–Crippen LogP) is 1.57. The van der Waals surface area contributed by atoms with Crippen molar-refractivity contribution >= 4 is 23.0 Å². The monoisotopic (exact) mass is 181 g/mol. The number of nitrogens with two attached hydrogens (primary N) is 2. The number of anilines is 2. The van der Waals surface area contributed by atoms with Crippen LogP contribution in [0.4, 0.5) is 11.4 Å². The van der Waals surface area contributed by atoms with E-state index in [-0.39, 0.29) is 6.42 Å². The summed E-state index contributed by atoms with van der Waals surface area (Å²) < 4.78 is 0. The maximum absolute atomic E-state index is 8.42. The second kappa shape index (κ2) is 3.33. The van der Waals surface area contributed by atoms with E-state index in [1.807, 2.05) is 6.07 Å². The Balaban J connectivity index is 3.19. The summed E-state index contributed by atoms with van der Waals surface area (Å²) in [7, 11) is 0. The Kier molecular flexibility index (Phi) is 2.41. The van der Waals surface area contributed by atoms with Crippen molar-refractivity contribution in [1.29, 1.82) is 5.26 Å². The maximum Gasteiger partial charge on any atom is 0.0740 e. The van der Waals surface area contributed by atoms with Gasteiger partial charge in [-0.25, -0.2) is 0 Å². The molecule has 0 spiro atoms. The molecule has 4 heteroatoms. The van der Waals surface area contributed by atoms with Crippen molar-refractivity contribution in [1.82, 2.24) is 0 Å². The average molecular weight is 182 g/mol. The molecule has 3 nitrogen and oxygen atoms in total. The number of halogens is 1. The molecule has 4 N–H and O–H groups in total. The summed E-state index contributed by atoms with van der Waals surface area (Å²) in [5.41, 5.74) is 12.6. The maximum atomic E-state index is 8.42. The fourth-order valence-corrected chi connectivity index (χ4v) is 1.11. The SMILES string of the molecule is N#CCc1ccc(N)c(N)c1Cl. The largest absolute Gasteiger partial charge is 0.397 e. The van der Waals surface area contributed by atoms with Crippen LogP contribution in [-0.2, 0) is 6.42 Å². The Morgan fingerprint density at radius 3 is 2.67 bits per heavy atom. The molecule has 1 rings (SSSR count). The second-order valence-corrected chi connectivity index (χ2v) is 2.75. The Hall–Kier alpha value is -1.40. The van der Waals surface area contributed by atoms with Crippen LogP contribution >= 0.6 is 11.6 Å². The van der Waals surface area contributed by atoms with E-state index < -0.39 is 0 Å². The Morgan fingerprint density at radius 2 is 2.08 bits per heavy atom. The Morgan fingerprint density at radius 1 is 1.42 bits per heavy atom. The smallest absolute Gasteiger partial charge is 0.0740 e. The fourth-order valence-electron chi connectivity index (χ4n) is 0.875. The zero-order chi connectivity index (χ0) is 9.14. The number of nitrogen functional groups attached to an aromatic ring is 2. The predicted molar refractivity (Wildman–Crippen MR) is 49.6 cm³/mol. The molecule has 1 aromatic rings. The lowest BCUT2D eigenvalue weighted by Crippen LogP contribution is -1.97. The number of nitriles is 1. The molecule has 0 unspecified atom stereocenters. The van der Waals surface area contributed by atoms with Gasteiger partial charge in [0.1, 0.15) is 0 Å². The highest BCUT2D eigenvalue weighted by atomic mass is 35.5. The van der Waals surface area contributed by atoms with E-state index in [2.05, 4.69) is 0 Å².